The third-order valence-corrected chi connectivity index (χ3v) is 3.59. The Morgan fingerprint density at radius 2 is 1.96 bits per heavy atom. The van der Waals surface area contributed by atoms with Crippen molar-refractivity contribution < 1.29 is 4.79 Å². The molecule has 3 aromatic rings. The second-order valence-electron chi connectivity index (χ2n) is 5.22. The van der Waals surface area contributed by atoms with Crippen molar-refractivity contribution in [3.63, 3.8) is 0 Å². The first-order valence-corrected chi connectivity index (χ1v) is 7.17. The summed E-state index contributed by atoms with van der Waals surface area (Å²) >= 11 is 0. The molecule has 1 aromatic heterocycles. The molecule has 0 radical (unpaired) electrons. The SMILES string of the molecule is Cc1cccnc1NC(=O)c1ccc2cc(C=NN)ccc2c1. The van der Waals surface area contributed by atoms with E-state index in [1.165, 1.54) is 0 Å². The topological polar surface area (TPSA) is 80.4 Å². The van der Waals surface area contributed by atoms with Crippen LogP contribution < -0.4 is 11.2 Å². The van der Waals surface area contributed by atoms with Gasteiger partial charge in [-0.1, -0.05) is 24.3 Å². The lowest BCUT2D eigenvalue weighted by Crippen LogP contribution is -2.13. The summed E-state index contributed by atoms with van der Waals surface area (Å²) in [5, 5.41) is 8.35. The van der Waals surface area contributed by atoms with Gasteiger partial charge >= 0.3 is 0 Å². The predicted octanol–water partition coefficient (Wildman–Crippen LogP) is 3.09. The van der Waals surface area contributed by atoms with Crippen LogP contribution in [0.3, 0.4) is 0 Å². The molecular weight excluding hydrogens is 288 g/mol. The third kappa shape index (κ3) is 3.18. The highest BCUT2D eigenvalue weighted by atomic mass is 16.1. The fraction of sp³-hybridized carbons (Fsp3) is 0.0556. The summed E-state index contributed by atoms with van der Waals surface area (Å²) < 4.78 is 0. The number of benzene rings is 2. The summed E-state index contributed by atoms with van der Waals surface area (Å²) in [7, 11) is 0. The summed E-state index contributed by atoms with van der Waals surface area (Å²) in [4.78, 5) is 16.6. The number of hydrogen-bond acceptors (Lipinski definition) is 4. The van der Waals surface area contributed by atoms with E-state index in [0.717, 1.165) is 21.9 Å². The van der Waals surface area contributed by atoms with Crippen LogP contribution in [0.25, 0.3) is 10.8 Å². The maximum atomic E-state index is 12.4. The number of anilines is 1. The quantitative estimate of drug-likeness (QED) is 0.443. The maximum absolute atomic E-state index is 12.4. The van der Waals surface area contributed by atoms with Gasteiger partial charge in [0.1, 0.15) is 5.82 Å². The molecule has 5 nitrogen and oxygen atoms in total. The number of aryl methyl sites for hydroxylation is 1. The molecular formula is C18H16N4O. The number of pyridine rings is 1. The molecule has 5 heteroatoms. The highest BCUT2D eigenvalue weighted by Gasteiger charge is 2.09. The molecule has 114 valence electrons. The van der Waals surface area contributed by atoms with Crippen molar-refractivity contribution in [2.75, 3.05) is 5.32 Å². The minimum atomic E-state index is -0.179. The number of nitrogens with one attached hydrogen (secondary N) is 1. The fourth-order valence-corrected chi connectivity index (χ4v) is 2.37. The Morgan fingerprint density at radius 3 is 2.74 bits per heavy atom. The molecule has 0 atom stereocenters. The van der Waals surface area contributed by atoms with Gasteiger partial charge < -0.3 is 11.2 Å². The molecule has 0 saturated carbocycles. The van der Waals surface area contributed by atoms with Crippen LogP contribution in [0.1, 0.15) is 21.5 Å². The number of carbonyl (C=O) groups excluding carboxylic acids is 1. The third-order valence-electron chi connectivity index (χ3n) is 3.59. The van der Waals surface area contributed by atoms with Crippen molar-refractivity contribution in [1.29, 1.82) is 0 Å². The normalized spacial score (nSPS) is 11.0. The van der Waals surface area contributed by atoms with E-state index in [2.05, 4.69) is 15.4 Å². The first-order valence-electron chi connectivity index (χ1n) is 7.17. The van der Waals surface area contributed by atoms with Gasteiger partial charge in [-0.05, 0) is 53.1 Å². The van der Waals surface area contributed by atoms with Crippen molar-refractivity contribution in [1.82, 2.24) is 4.98 Å². The minimum absolute atomic E-state index is 0.179. The Kier molecular flexibility index (Phi) is 4.01. The smallest absolute Gasteiger partial charge is 0.256 e. The van der Waals surface area contributed by atoms with E-state index in [0.29, 0.717) is 11.4 Å². The van der Waals surface area contributed by atoms with Gasteiger partial charge in [0, 0.05) is 11.8 Å². The molecule has 3 N–H and O–H groups in total. The molecule has 1 heterocycles. The fourth-order valence-electron chi connectivity index (χ4n) is 2.37. The standard InChI is InChI=1S/C18H16N4O/c1-12-3-2-8-20-17(12)22-18(23)16-7-6-14-9-13(11-21-19)4-5-15(14)10-16/h2-11H,19H2,1H3,(H,20,22,23). The van der Waals surface area contributed by atoms with Crippen LogP contribution in [0.4, 0.5) is 5.82 Å². The lowest BCUT2D eigenvalue weighted by Gasteiger charge is -2.08. The Bertz CT molecular complexity index is 902. The average molecular weight is 304 g/mol. The lowest BCUT2D eigenvalue weighted by molar-refractivity contribution is 0.102. The number of nitrogens with two attached hydrogens (primary N) is 1. The van der Waals surface area contributed by atoms with Gasteiger partial charge in [0.2, 0.25) is 0 Å². The second-order valence-corrected chi connectivity index (χ2v) is 5.22. The van der Waals surface area contributed by atoms with Crippen molar-refractivity contribution in [3.05, 3.63) is 71.4 Å². The molecule has 0 aliphatic rings. The summed E-state index contributed by atoms with van der Waals surface area (Å²) in [6.07, 6.45) is 3.24. The van der Waals surface area contributed by atoms with Crippen LogP contribution in [0.2, 0.25) is 0 Å². The van der Waals surface area contributed by atoms with Gasteiger partial charge in [0.05, 0.1) is 6.21 Å². The van der Waals surface area contributed by atoms with Crippen LogP contribution >= 0.6 is 0 Å². The van der Waals surface area contributed by atoms with E-state index in [4.69, 9.17) is 5.84 Å². The van der Waals surface area contributed by atoms with Crippen LogP contribution in [0, 0.1) is 6.92 Å². The van der Waals surface area contributed by atoms with Gasteiger partial charge in [-0.15, -0.1) is 0 Å². The molecule has 0 aliphatic carbocycles. The zero-order valence-electron chi connectivity index (χ0n) is 12.7. The van der Waals surface area contributed by atoms with Gasteiger partial charge in [-0.25, -0.2) is 4.98 Å². The van der Waals surface area contributed by atoms with Gasteiger partial charge in [0.25, 0.3) is 5.91 Å². The number of hydrazone groups is 1. The van der Waals surface area contributed by atoms with Crippen LogP contribution in [-0.2, 0) is 0 Å². The molecule has 0 aliphatic heterocycles. The zero-order chi connectivity index (χ0) is 16.2. The largest absolute Gasteiger partial charge is 0.323 e. The Hall–Kier alpha value is -3.21. The first kappa shape index (κ1) is 14.7. The van der Waals surface area contributed by atoms with Crippen LogP contribution in [0.15, 0.2) is 59.8 Å². The highest BCUT2D eigenvalue weighted by Crippen LogP contribution is 2.19. The molecule has 0 unspecified atom stereocenters. The van der Waals surface area contributed by atoms with Crippen molar-refractivity contribution >= 4 is 28.7 Å². The van der Waals surface area contributed by atoms with E-state index < -0.39 is 0 Å². The lowest BCUT2D eigenvalue weighted by atomic mass is 10.0. The summed E-state index contributed by atoms with van der Waals surface area (Å²) in [5.74, 6) is 5.56. The minimum Gasteiger partial charge on any atom is -0.323 e. The second kappa shape index (κ2) is 6.27. The number of carbonyl (C=O) groups is 1. The molecule has 23 heavy (non-hydrogen) atoms. The van der Waals surface area contributed by atoms with Crippen LogP contribution in [-0.4, -0.2) is 17.1 Å². The highest BCUT2D eigenvalue weighted by molar-refractivity contribution is 6.06. The van der Waals surface area contributed by atoms with Crippen LogP contribution in [0.5, 0.6) is 0 Å². The maximum Gasteiger partial charge on any atom is 0.256 e. The van der Waals surface area contributed by atoms with E-state index in [9.17, 15) is 4.79 Å². The van der Waals surface area contributed by atoms with E-state index in [-0.39, 0.29) is 5.91 Å². The zero-order valence-corrected chi connectivity index (χ0v) is 12.7. The number of hydrogen-bond donors (Lipinski definition) is 2. The summed E-state index contributed by atoms with van der Waals surface area (Å²) in [5.41, 5.74) is 2.43. The summed E-state index contributed by atoms with van der Waals surface area (Å²) in [6.45, 7) is 1.91. The van der Waals surface area contributed by atoms with Gasteiger partial charge in [-0.3, -0.25) is 4.79 Å². The van der Waals surface area contributed by atoms with Crippen molar-refractivity contribution in [2.24, 2.45) is 10.9 Å². The molecule has 0 bridgehead atoms. The molecule has 2 aromatic carbocycles. The first-order chi connectivity index (χ1) is 11.2. The number of rotatable bonds is 3. The molecule has 0 fully saturated rings. The summed E-state index contributed by atoms with van der Waals surface area (Å²) in [6, 6.07) is 15.1. The van der Waals surface area contributed by atoms with E-state index in [1.54, 1.807) is 18.5 Å². The molecule has 1 amide bonds. The monoisotopic (exact) mass is 304 g/mol. The average Bonchev–Trinajstić information content (AvgIpc) is 2.56. The van der Waals surface area contributed by atoms with Crippen molar-refractivity contribution in [2.45, 2.75) is 6.92 Å². The number of fused-ring (bicyclic) bond motifs is 1. The molecule has 0 spiro atoms. The van der Waals surface area contributed by atoms with Gasteiger partial charge in [0.15, 0.2) is 0 Å². The molecule has 3 rings (SSSR count). The Balaban J connectivity index is 1.89. The molecule has 0 saturated heterocycles. The Morgan fingerprint density at radius 1 is 1.17 bits per heavy atom. The number of amides is 1. The van der Waals surface area contributed by atoms with E-state index >= 15 is 0 Å². The number of aromatic nitrogens is 1. The van der Waals surface area contributed by atoms with Gasteiger partial charge in [-0.2, -0.15) is 5.10 Å². The number of nitrogens with zero attached hydrogens (tertiary/aromatic N) is 2. The van der Waals surface area contributed by atoms with Crippen molar-refractivity contribution in [3.8, 4) is 0 Å². The predicted molar refractivity (Wildman–Crippen MR) is 92.7 cm³/mol. The van der Waals surface area contributed by atoms with E-state index in [1.807, 2.05) is 49.4 Å². The Labute approximate surface area is 133 Å².